The molecule has 1 aromatic heterocycles. The van der Waals surface area contributed by atoms with Crippen molar-refractivity contribution >= 4 is 17.7 Å². The summed E-state index contributed by atoms with van der Waals surface area (Å²) in [6.07, 6.45) is 0. The van der Waals surface area contributed by atoms with Crippen LogP contribution in [0.2, 0.25) is 0 Å². The lowest BCUT2D eigenvalue weighted by Gasteiger charge is -1.97. The van der Waals surface area contributed by atoms with Crippen LogP contribution in [0.5, 0.6) is 0 Å². The second-order valence-corrected chi connectivity index (χ2v) is 3.54. The second-order valence-electron chi connectivity index (χ2n) is 2.50. The molecule has 0 aliphatic carbocycles. The summed E-state index contributed by atoms with van der Waals surface area (Å²) < 4.78 is 5.14. The van der Waals surface area contributed by atoms with Crippen molar-refractivity contribution in [2.24, 2.45) is 5.73 Å². The van der Waals surface area contributed by atoms with E-state index >= 15 is 0 Å². The number of carbonyl (C=O) groups excluding carboxylic acids is 1. The van der Waals surface area contributed by atoms with E-state index in [1.807, 2.05) is 0 Å². The van der Waals surface area contributed by atoms with Gasteiger partial charge in [-0.15, -0.1) is 10.2 Å². The van der Waals surface area contributed by atoms with Crippen molar-refractivity contribution in [3.8, 4) is 0 Å². The third kappa shape index (κ3) is 3.75. The first kappa shape index (κ1) is 11.0. The van der Waals surface area contributed by atoms with Gasteiger partial charge in [-0.1, -0.05) is 11.8 Å². The highest BCUT2D eigenvalue weighted by molar-refractivity contribution is 7.99. The first-order valence-corrected chi connectivity index (χ1v) is 5.10. The third-order valence-corrected chi connectivity index (χ3v) is 2.14. The van der Waals surface area contributed by atoms with Gasteiger partial charge >= 0.3 is 0 Å². The van der Waals surface area contributed by atoms with Crippen LogP contribution in [0.15, 0.2) is 9.64 Å². The molecule has 0 saturated heterocycles. The fraction of sp³-hybridized carbons (Fsp3) is 0.571. The maximum Gasteiger partial charge on any atom is 0.276 e. The minimum absolute atomic E-state index is 0.0428. The zero-order valence-electron chi connectivity index (χ0n) is 7.82. The highest BCUT2D eigenvalue weighted by Crippen LogP contribution is 2.14. The molecule has 6 nitrogen and oxygen atoms in total. The molecule has 14 heavy (non-hydrogen) atoms. The molecule has 0 aliphatic rings. The molecule has 0 bridgehead atoms. The standard InChI is InChI=1S/C7H12N4O2S/c1-5(12)9-2-3-14-7-11-10-6(4-8)13-7/h2-4,8H2,1H3,(H,9,12). The van der Waals surface area contributed by atoms with Crippen molar-refractivity contribution in [3.63, 3.8) is 0 Å². The summed E-state index contributed by atoms with van der Waals surface area (Å²) in [5.74, 6) is 1.08. The number of nitrogens with one attached hydrogen (secondary N) is 1. The minimum atomic E-state index is -0.0428. The molecule has 1 heterocycles. The summed E-state index contributed by atoms with van der Waals surface area (Å²) in [6.45, 7) is 2.31. The van der Waals surface area contributed by atoms with E-state index in [2.05, 4.69) is 15.5 Å². The predicted octanol–water partition coefficient (Wildman–Crippen LogP) is -0.243. The van der Waals surface area contributed by atoms with Gasteiger partial charge in [0.05, 0.1) is 6.54 Å². The monoisotopic (exact) mass is 216 g/mol. The Kier molecular flexibility index (Phi) is 4.41. The Morgan fingerprint density at radius 1 is 1.64 bits per heavy atom. The van der Waals surface area contributed by atoms with E-state index in [4.69, 9.17) is 10.2 Å². The van der Waals surface area contributed by atoms with Gasteiger partial charge in [-0.3, -0.25) is 4.79 Å². The van der Waals surface area contributed by atoms with E-state index in [-0.39, 0.29) is 12.5 Å². The third-order valence-electron chi connectivity index (χ3n) is 1.32. The van der Waals surface area contributed by atoms with Gasteiger partial charge in [0.1, 0.15) is 0 Å². The maximum atomic E-state index is 10.5. The molecular formula is C7H12N4O2S. The Balaban J connectivity index is 2.21. The quantitative estimate of drug-likeness (QED) is 0.521. The van der Waals surface area contributed by atoms with Crippen molar-refractivity contribution in [1.29, 1.82) is 0 Å². The van der Waals surface area contributed by atoms with Crippen LogP contribution < -0.4 is 11.1 Å². The number of thioether (sulfide) groups is 1. The molecule has 3 N–H and O–H groups in total. The van der Waals surface area contributed by atoms with Gasteiger partial charge in [-0.05, 0) is 0 Å². The lowest BCUT2D eigenvalue weighted by molar-refractivity contribution is -0.118. The maximum absolute atomic E-state index is 10.5. The molecule has 7 heteroatoms. The van der Waals surface area contributed by atoms with Crippen LogP contribution in [0.1, 0.15) is 12.8 Å². The van der Waals surface area contributed by atoms with Crippen LogP contribution in [-0.4, -0.2) is 28.4 Å². The van der Waals surface area contributed by atoms with Crippen LogP contribution in [0.25, 0.3) is 0 Å². The normalized spacial score (nSPS) is 10.1. The zero-order valence-corrected chi connectivity index (χ0v) is 8.63. The Labute approximate surface area is 85.6 Å². The molecule has 0 spiro atoms. The summed E-state index contributed by atoms with van der Waals surface area (Å²) in [5, 5.41) is 10.6. The van der Waals surface area contributed by atoms with Crippen LogP contribution in [-0.2, 0) is 11.3 Å². The van der Waals surface area contributed by atoms with Crippen LogP contribution >= 0.6 is 11.8 Å². The van der Waals surface area contributed by atoms with Crippen molar-refractivity contribution in [3.05, 3.63) is 5.89 Å². The highest BCUT2D eigenvalue weighted by Gasteiger charge is 2.04. The first-order valence-electron chi connectivity index (χ1n) is 4.12. The van der Waals surface area contributed by atoms with Gasteiger partial charge in [0, 0.05) is 19.2 Å². The average Bonchev–Trinajstić information content (AvgIpc) is 2.60. The predicted molar refractivity (Wildman–Crippen MR) is 51.6 cm³/mol. The number of rotatable bonds is 5. The number of aromatic nitrogens is 2. The zero-order chi connectivity index (χ0) is 10.4. The molecule has 0 radical (unpaired) electrons. The molecule has 1 amide bonds. The van der Waals surface area contributed by atoms with Gasteiger partial charge < -0.3 is 15.5 Å². The fourth-order valence-electron chi connectivity index (χ4n) is 0.744. The number of nitrogens with two attached hydrogens (primary N) is 1. The van der Waals surface area contributed by atoms with Gasteiger partial charge in [0.2, 0.25) is 11.8 Å². The molecule has 0 atom stereocenters. The molecule has 0 fully saturated rings. The number of hydrogen-bond acceptors (Lipinski definition) is 6. The molecule has 0 saturated carbocycles. The topological polar surface area (TPSA) is 94.0 Å². The molecule has 0 unspecified atom stereocenters. The summed E-state index contributed by atoms with van der Waals surface area (Å²) in [7, 11) is 0. The second kappa shape index (κ2) is 5.61. The van der Waals surface area contributed by atoms with Crippen LogP contribution in [0.4, 0.5) is 0 Å². The van der Waals surface area contributed by atoms with Crippen molar-refractivity contribution in [1.82, 2.24) is 15.5 Å². The molecule has 1 aromatic rings. The Bertz CT molecular complexity index is 302. The largest absolute Gasteiger partial charge is 0.415 e. The number of hydrogen-bond donors (Lipinski definition) is 2. The SMILES string of the molecule is CC(=O)NCCSc1nnc(CN)o1. The number of carbonyl (C=O) groups is 1. The molecule has 1 rings (SSSR count). The molecule has 0 aliphatic heterocycles. The van der Waals surface area contributed by atoms with Gasteiger partial charge in [0.15, 0.2) is 0 Å². The van der Waals surface area contributed by atoms with Crippen molar-refractivity contribution < 1.29 is 9.21 Å². The van der Waals surface area contributed by atoms with Crippen LogP contribution in [0.3, 0.4) is 0 Å². The Morgan fingerprint density at radius 2 is 2.43 bits per heavy atom. The summed E-state index contributed by atoms with van der Waals surface area (Å²) in [5.41, 5.74) is 5.30. The minimum Gasteiger partial charge on any atom is -0.415 e. The summed E-state index contributed by atoms with van der Waals surface area (Å²) in [4.78, 5) is 10.5. The highest BCUT2D eigenvalue weighted by atomic mass is 32.2. The van der Waals surface area contributed by atoms with E-state index in [1.54, 1.807) is 0 Å². The Morgan fingerprint density at radius 3 is 3.00 bits per heavy atom. The number of amides is 1. The van der Waals surface area contributed by atoms with Crippen molar-refractivity contribution in [2.45, 2.75) is 18.7 Å². The number of nitrogens with zero attached hydrogens (tertiary/aromatic N) is 2. The van der Waals surface area contributed by atoms with Gasteiger partial charge in [0.25, 0.3) is 5.22 Å². The van der Waals surface area contributed by atoms with E-state index in [9.17, 15) is 4.79 Å². The lowest BCUT2D eigenvalue weighted by atomic mass is 10.6. The van der Waals surface area contributed by atoms with Crippen molar-refractivity contribution in [2.75, 3.05) is 12.3 Å². The van der Waals surface area contributed by atoms with Gasteiger partial charge in [-0.25, -0.2) is 0 Å². The van der Waals surface area contributed by atoms with E-state index in [0.717, 1.165) is 0 Å². The van der Waals surface area contributed by atoms with E-state index in [0.29, 0.717) is 23.4 Å². The molecule has 0 aromatic carbocycles. The van der Waals surface area contributed by atoms with Crippen LogP contribution in [0, 0.1) is 0 Å². The van der Waals surface area contributed by atoms with Gasteiger partial charge in [-0.2, -0.15) is 0 Å². The average molecular weight is 216 g/mol. The van der Waals surface area contributed by atoms with E-state index in [1.165, 1.54) is 18.7 Å². The summed E-state index contributed by atoms with van der Waals surface area (Å²) in [6, 6.07) is 0. The fourth-order valence-corrected chi connectivity index (χ4v) is 1.38. The molecular weight excluding hydrogens is 204 g/mol. The summed E-state index contributed by atoms with van der Waals surface area (Å²) >= 11 is 1.39. The first-order chi connectivity index (χ1) is 6.72. The lowest BCUT2D eigenvalue weighted by Crippen LogP contribution is -2.22. The molecule has 78 valence electrons. The smallest absolute Gasteiger partial charge is 0.276 e. The Hall–Kier alpha value is -1.08. The van der Waals surface area contributed by atoms with E-state index < -0.39 is 0 Å².